The van der Waals surface area contributed by atoms with Crippen molar-refractivity contribution >= 4 is 15.0 Å². The topological polar surface area (TPSA) is 0 Å². The van der Waals surface area contributed by atoms with Crippen molar-refractivity contribution < 1.29 is 0 Å². The van der Waals surface area contributed by atoms with Crippen LogP contribution >= 0.6 is 0 Å². The maximum atomic E-state index is 3.17. The Bertz CT molecular complexity index is 370. The van der Waals surface area contributed by atoms with Crippen LogP contribution in [0.2, 0.25) is 5.32 Å². The SMILES string of the molecule is CCC#CC[Se]C#Cc1ccccc1. The van der Waals surface area contributed by atoms with Gasteiger partial charge in [0, 0.05) is 0 Å². The summed E-state index contributed by atoms with van der Waals surface area (Å²) in [7, 11) is 0. The van der Waals surface area contributed by atoms with Gasteiger partial charge < -0.3 is 0 Å². The van der Waals surface area contributed by atoms with Crippen LogP contribution in [0.25, 0.3) is 0 Å². The predicted octanol–water partition coefficient (Wildman–Crippen LogP) is 2.53. The molecule has 0 radical (unpaired) electrons. The molecule has 0 atom stereocenters. The number of hydrogen-bond acceptors (Lipinski definition) is 0. The molecule has 0 saturated carbocycles. The Balaban J connectivity index is 2.35. The molecule has 0 fully saturated rings. The van der Waals surface area contributed by atoms with E-state index in [0.29, 0.717) is 15.0 Å². The van der Waals surface area contributed by atoms with Gasteiger partial charge in [-0.25, -0.2) is 0 Å². The first kappa shape index (κ1) is 10.9. The second-order valence-electron chi connectivity index (χ2n) is 2.59. The zero-order chi connectivity index (χ0) is 10.1. The van der Waals surface area contributed by atoms with Crippen LogP contribution in [0.3, 0.4) is 0 Å². The molecule has 1 rings (SSSR count). The van der Waals surface area contributed by atoms with E-state index < -0.39 is 0 Å². The summed E-state index contributed by atoms with van der Waals surface area (Å²) >= 11 is 0.345. The van der Waals surface area contributed by atoms with Gasteiger partial charge in [-0.2, -0.15) is 0 Å². The molecule has 70 valence electrons. The van der Waals surface area contributed by atoms with E-state index in [1.807, 2.05) is 30.3 Å². The van der Waals surface area contributed by atoms with Gasteiger partial charge in [0.1, 0.15) is 0 Å². The van der Waals surface area contributed by atoms with Gasteiger partial charge in [0.2, 0.25) is 0 Å². The average molecular weight is 247 g/mol. The van der Waals surface area contributed by atoms with Gasteiger partial charge in [-0.1, -0.05) is 0 Å². The molecule has 0 spiro atoms. The van der Waals surface area contributed by atoms with Gasteiger partial charge >= 0.3 is 92.1 Å². The molecule has 1 heteroatoms. The van der Waals surface area contributed by atoms with Gasteiger partial charge in [0.25, 0.3) is 0 Å². The summed E-state index contributed by atoms with van der Waals surface area (Å²) in [6.45, 7) is 2.07. The fourth-order valence-electron chi connectivity index (χ4n) is 0.865. The zero-order valence-electron chi connectivity index (χ0n) is 8.21. The Hall–Kier alpha value is -1.14. The molecule has 0 aliphatic rings. The first-order chi connectivity index (χ1) is 6.93. The van der Waals surface area contributed by atoms with Gasteiger partial charge in [0.05, 0.1) is 0 Å². The monoisotopic (exact) mass is 248 g/mol. The first-order valence-electron chi connectivity index (χ1n) is 4.57. The minimum absolute atomic E-state index is 0.345. The molecule has 0 nitrogen and oxygen atoms in total. The van der Waals surface area contributed by atoms with E-state index in [-0.39, 0.29) is 0 Å². The van der Waals surface area contributed by atoms with Crippen molar-refractivity contribution in [1.29, 1.82) is 0 Å². The zero-order valence-corrected chi connectivity index (χ0v) is 9.92. The van der Waals surface area contributed by atoms with Gasteiger partial charge in [-0.15, -0.1) is 0 Å². The van der Waals surface area contributed by atoms with Crippen LogP contribution in [0.1, 0.15) is 18.9 Å². The fraction of sp³-hybridized carbons (Fsp3) is 0.231. The first-order valence-corrected chi connectivity index (χ1v) is 6.64. The van der Waals surface area contributed by atoms with Crippen LogP contribution in [0.4, 0.5) is 0 Å². The second kappa shape index (κ2) is 7.28. The summed E-state index contributed by atoms with van der Waals surface area (Å²) in [6, 6.07) is 10.1. The van der Waals surface area contributed by atoms with Crippen molar-refractivity contribution in [2.75, 3.05) is 0 Å². The number of hydrogen-bond donors (Lipinski definition) is 0. The van der Waals surface area contributed by atoms with E-state index in [2.05, 4.69) is 29.5 Å². The van der Waals surface area contributed by atoms with Crippen LogP contribution in [-0.4, -0.2) is 15.0 Å². The van der Waals surface area contributed by atoms with Crippen molar-refractivity contribution in [2.45, 2.75) is 18.7 Å². The quantitative estimate of drug-likeness (QED) is 0.406. The molecule has 1 aromatic carbocycles. The Morgan fingerprint density at radius 3 is 2.64 bits per heavy atom. The minimum atomic E-state index is 0.345. The summed E-state index contributed by atoms with van der Waals surface area (Å²) in [4.78, 5) is 3.17. The Morgan fingerprint density at radius 2 is 1.93 bits per heavy atom. The van der Waals surface area contributed by atoms with E-state index in [0.717, 1.165) is 17.3 Å². The number of rotatable bonds is 1. The Kier molecular flexibility index (Phi) is 5.69. The Labute approximate surface area is 92.3 Å². The van der Waals surface area contributed by atoms with Crippen molar-refractivity contribution in [3.8, 4) is 22.6 Å². The van der Waals surface area contributed by atoms with Crippen LogP contribution in [0.5, 0.6) is 0 Å². The van der Waals surface area contributed by atoms with Crippen molar-refractivity contribution in [3.63, 3.8) is 0 Å². The molecule has 14 heavy (non-hydrogen) atoms. The van der Waals surface area contributed by atoms with Gasteiger partial charge in [-0.05, 0) is 0 Å². The van der Waals surface area contributed by atoms with Crippen molar-refractivity contribution in [1.82, 2.24) is 0 Å². The standard InChI is InChI=1S/C13H12Se/c1-2-3-7-11-14-12-10-13-8-5-4-6-9-13/h4-6,8-9H,2,11H2,1H3. The third kappa shape index (κ3) is 4.78. The van der Waals surface area contributed by atoms with Crippen LogP contribution in [-0.2, 0) is 0 Å². The van der Waals surface area contributed by atoms with Crippen LogP contribution in [0, 0.1) is 22.6 Å². The third-order valence-corrected chi connectivity index (χ3v) is 2.61. The molecule has 0 amide bonds. The summed E-state index contributed by atoms with van der Waals surface area (Å²) < 4.78 is 0. The van der Waals surface area contributed by atoms with Gasteiger partial charge in [0.15, 0.2) is 0 Å². The molecule has 0 aromatic heterocycles. The van der Waals surface area contributed by atoms with Crippen LogP contribution in [0.15, 0.2) is 30.3 Å². The molecular weight excluding hydrogens is 235 g/mol. The fourth-order valence-corrected chi connectivity index (χ4v) is 1.78. The van der Waals surface area contributed by atoms with Crippen LogP contribution < -0.4 is 0 Å². The van der Waals surface area contributed by atoms with E-state index in [9.17, 15) is 0 Å². The van der Waals surface area contributed by atoms with Crippen molar-refractivity contribution in [2.24, 2.45) is 0 Å². The molecule has 0 saturated heterocycles. The molecule has 0 aliphatic carbocycles. The predicted molar refractivity (Wildman–Crippen MR) is 61.9 cm³/mol. The summed E-state index contributed by atoms with van der Waals surface area (Å²) in [6.07, 6.45) is 0.947. The molecular formula is C13H12Se. The number of benzene rings is 1. The summed E-state index contributed by atoms with van der Waals surface area (Å²) in [5.41, 5.74) is 1.10. The van der Waals surface area contributed by atoms with E-state index >= 15 is 0 Å². The van der Waals surface area contributed by atoms with E-state index in [4.69, 9.17) is 0 Å². The maximum absolute atomic E-state index is 3.17. The molecule has 0 bridgehead atoms. The molecule has 0 aliphatic heterocycles. The second-order valence-corrected chi connectivity index (χ2v) is 4.23. The molecule has 0 unspecified atom stereocenters. The average Bonchev–Trinajstić information content (AvgIpc) is 2.25. The summed E-state index contributed by atoms with van der Waals surface area (Å²) in [5.74, 6) is 9.27. The molecule has 0 N–H and O–H groups in total. The van der Waals surface area contributed by atoms with E-state index in [1.54, 1.807) is 0 Å². The van der Waals surface area contributed by atoms with Crippen molar-refractivity contribution in [3.05, 3.63) is 35.9 Å². The summed E-state index contributed by atoms with van der Waals surface area (Å²) in [5, 5.41) is 0.945. The van der Waals surface area contributed by atoms with E-state index in [1.165, 1.54) is 0 Å². The molecule has 1 aromatic rings. The third-order valence-electron chi connectivity index (χ3n) is 1.49. The van der Waals surface area contributed by atoms with Gasteiger partial charge in [-0.3, -0.25) is 0 Å². The normalized spacial score (nSPS) is 8.07. The molecule has 0 heterocycles. The Morgan fingerprint density at radius 1 is 1.14 bits per heavy atom.